The Morgan fingerprint density at radius 3 is 2.46 bits per heavy atom. The number of nitrogens with one attached hydrogen (secondary N) is 1. The second-order valence-electron chi connectivity index (χ2n) is 5.96. The largest absolute Gasteiger partial charge is 0.573 e. The highest BCUT2D eigenvalue weighted by atomic mass is 35.5. The van der Waals surface area contributed by atoms with Crippen LogP contribution in [0, 0.1) is 6.92 Å². The first-order valence-electron chi connectivity index (χ1n) is 8.41. The van der Waals surface area contributed by atoms with Crippen LogP contribution >= 0.6 is 11.6 Å². The van der Waals surface area contributed by atoms with Crippen LogP contribution in [0.25, 0.3) is 0 Å². The number of hydrogen-bond acceptors (Lipinski definition) is 4. The van der Waals surface area contributed by atoms with Gasteiger partial charge in [-0.05, 0) is 55.7 Å². The van der Waals surface area contributed by atoms with E-state index in [9.17, 15) is 23.1 Å². The molecule has 0 heterocycles. The van der Waals surface area contributed by atoms with Crippen molar-refractivity contribution in [2.45, 2.75) is 26.1 Å². The third-order valence-electron chi connectivity index (χ3n) is 3.67. The summed E-state index contributed by atoms with van der Waals surface area (Å²) in [6.07, 6.45) is -3.49. The van der Waals surface area contributed by atoms with E-state index in [1.807, 2.05) is 0 Å². The lowest BCUT2D eigenvalue weighted by molar-refractivity contribution is -0.274. The van der Waals surface area contributed by atoms with Crippen LogP contribution in [0.1, 0.15) is 28.8 Å². The summed E-state index contributed by atoms with van der Waals surface area (Å²) in [5, 5.41) is 12.4. The predicted molar refractivity (Wildman–Crippen MR) is 98.0 cm³/mol. The van der Waals surface area contributed by atoms with Crippen molar-refractivity contribution in [1.82, 2.24) is 5.32 Å². The summed E-state index contributed by atoms with van der Waals surface area (Å²) < 4.78 is 45.7. The minimum Gasteiger partial charge on any atom is -0.508 e. The summed E-state index contributed by atoms with van der Waals surface area (Å²) in [5.41, 5.74) is 0.952. The number of aromatic hydroxyl groups is 1. The molecule has 0 aliphatic rings. The van der Waals surface area contributed by atoms with Crippen molar-refractivity contribution in [3.8, 4) is 17.2 Å². The molecule has 0 saturated carbocycles. The van der Waals surface area contributed by atoms with Gasteiger partial charge >= 0.3 is 6.36 Å². The van der Waals surface area contributed by atoms with Gasteiger partial charge in [-0.25, -0.2) is 0 Å². The van der Waals surface area contributed by atoms with Gasteiger partial charge < -0.3 is 19.9 Å². The normalized spacial score (nSPS) is 11.2. The van der Waals surface area contributed by atoms with Gasteiger partial charge in [-0.15, -0.1) is 13.2 Å². The molecular formula is C19H19ClF3NO4. The summed E-state index contributed by atoms with van der Waals surface area (Å²) in [5.74, 6) is -0.207. The van der Waals surface area contributed by atoms with Crippen molar-refractivity contribution in [2.24, 2.45) is 0 Å². The molecule has 1 amide bonds. The fourth-order valence-electron chi connectivity index (χ4n) is 2.41. The first-order valence-corrected chi connectivity index (χ1v) is 8.79. The SMILES string of the molecule is Cc1cc(O)cc(Cl)c1OCCCCNC(=O)c1ccc(OC(F)(F)F)cc1. The molecule has 0 spiro atoms. The van der Waals surface area contributed by atoms with E-state index in [1.165, 1.54) is 18.2 Å². The highest BCUT2D eigenvalue weighted by molar-refractivity contribution is 6.32. The van der Waals surface area contributed by atoms with E-state index in [0.29, 0.717) is 36.8 Å². The lowest BCUT2D eigenvalue weighted by atomic mass is 10.2. The Labute approximate surface area is 165 Å². The number of ether oxygens (including phenoxy) is 2. The average molecular weight is 418 g/mol. The molecule has 152 valence electrons. The molecule has 2 N–H and O–H groups in total. The minimum atomic E-state index is -4.77. The summed E-state index contributed by atoms with van der Waals surface area (Å²) in [4.78, 5) is 12.0. The Bertz CT molecular complexity index is 787. The number of alkyl halides is 3. The zero-order chi connectivity index (χ0) is 20.7. The van der Waals surface area contributed by atoms with Gasteiger partial charge in [-0.1, -0.05) is 11.6 Å². The van der Waals surface area contributed by atoms with E-state index in [0.717, 1.165) is 17.7 Å². The number of halogens is 4. The van der Waals surface area contributed by atoms with Crippen LogP contribution in [-0.2, 0) is 0 Å². The Morgan fingerprint density at radius 2 is 1.86 bits per heavy atom. The zero-order valence-electron chi connectivity index (χ0n) is 15.0. The second-order valence-corrected chi connectivity index (χ2v) is 6.36. The van der Waals surface area contributed by atoms with Gasteiger partial charge in [0, 0.05) is 18.2 Å². The van der Waals surface area contributed by atoms with Crippen LogP contribution in [0.5, 0.6) is 17.2 Å². The van der Waals surface area contributed by atoms with Crippen molar-refractivity contribution in [3.05, 3.63) is 52.5 Å². The minimum absolute atomic E-state index is 0.0653. The molecule has 2 rings (SSSR count). The molecule has 0 saturated heterocycles. The van der Waals surface area contributed by atoms with Crippen LogP contribution in [-0.4, -0.2) is 30.5 Å². The first-order chi connectivity index (χ1) is 13.2. The van der Waals surface area contributed by atoms with Crippen LogP contribution in [0.3, 0.4) is 0 Å². The molecule has 0 aromatic heterocycles. The summed E-state index contributed by atoms with van der Waals surface area (Å²) in [6.45, 7) is 2.53. The summed E-state index contributed by atoms with van der Waals surface area (Å²) in [6, 6.07) is 7.63. The standard InChI is InChI=1S/C19H19ClF3NO4/c1-12-10-14(25)11-16(20)17(12)27-9-3-2-8-24-18(26)13-4-6-15(7-5-13)28-19(21,22)23/h4-7,10-11,25H,2-3,8-9H2,1H3,(H,24,26). The van der Waals surface area contributed by atoms with Crippen molar-refractivity contribution in [1.29, 1.82) is 0 Å². The van der Waals surface area contributed by atoms with Gasteiger partial charge in [0.2, 0.25) is 0 Å². The number of rotatable bonds is 8. The molecule has 0 fully saturated rings. The number of benzene rings is 2. The molecule has 2 aromatic carbocycles. The smallest absolute Gasteiger partial charge is 0.508 e. The van der Waals surface area contributed by atoms with Gasteiger partial charge in [0.15, 0.2) is 0 Å². The van der Waals surface area contributed by atoms with E-state index in [4.69, 9.17) is 16.3 Å². The van der Waals surface area contributed by atoms with Gasteiger partial charge in [0.05, 0.1) is 11.6 Å². The van der Waals surface area contributed by atoms with Crippen LogP contribution < -0.4 is 14.8 Å². The number of phenolic OH excluding ortho intramolecular Hbond substituents is 1. The molecule has 0 radical (unpaired) electrons. The topological polar surface area (TPSA) is 67.8 Å². The molecule has 9 heteroatoms. The Kier molecular flexibility index (Phi) is 7.39. The average Bonchev–Trinajstić information content (AvgIpc) is 2.58. The molecule has 0 aliphatic heterocycles. The molecule has 5 nitrogen and oxygen atoms in total. The van der Waals surface area contributed by atoms with Crippen LogP contribution in [0.4, 0.5) is 13.2 Å². The van der Waals surface area contributed by atoms with E-state index in [-0.39, 0.29) is 17.1 Å². The monoisotopic (exact) mass is 417 g/mol. The molecule has 0 unspecified atom stereocenters. The van der Waals surface area contributed by atoms with Crippen molar-refractivity contribution in [3.63, 3.8) is 0 Å². The third kappa shape index (κ3) is 6.84. The number of carbonyl (C=O) groups excluding carboxylic acids is 1. The highest BCUT2D eigenvalue weighted by Gasteiger charge is 2.31. The number of hydrogen-bond donors (Lipinski definition) is 2. The Hall–Kier alpha value is -2.61. The molecule has 0 aliphatic carbocycles. The maximum Gasteiger partial charge on any atom is 0.573 e. The van der Waals surface area contributed by atoms with E-state index < -0.39 is 12.3 Å². The van der Waals surface area contributed by atoms with Gasteiger partial charge in [-0.3, -0.25) is 4.79 Å². The number of amides is 1. The molecule has 28 heavy (non-hydrogen) atoms. The van der Waals surface area contributed by atoms with Crippen molar-refractivity contribution < 1.29 is 32.5 Å². The summed E-state index contributed by atoms with van der Waals surface area (Å²) >= 11 is 6.02. The molecular weight excluding hydrogens is 399 g/mol. The number of aryl methyl sites for hydroxylation is 1. The van der Waals surface area contributed by atoms with E-state index in [2.05, 4.69) is 10.1 Å². The number of carbonyl (C=O) groups is 1. The van der Waals surface area contributed by atoms with Crippen LogP contribution in [0.15, 0.2) is 36.4 Å². The molecule has 2 aromatic rings. The molecule has 0 atom stereocenters. The second kappa shape index (κ2) is 9.54. The fourth-order valence-corrected chi connectivity index (χ4v) is 2.72. The van der Waals surface area contributed by atoms with Crippen molar-refractivity contribution in [2.75, 3.05) is 13.2 Å². The maximum absolute atomic E-state index is 12.1. The molecule has 0 bridgehead atoms. The Morgan fingerprint density at radius 1 is 1.18 bits per heavy atom. The first kappa shape index (κ1) is 21.7. The fraction of sp³-hybridized carbons (Fsp3) is 0.316. The maximum atomic E-state index is 12.1. The highest BCUT2D eigenvalue weighted by Crippen LogP contribution is 2.32. The zero-order valence-corrected chi connectivity index (χ0v) is 15.7. The van der Waals surface area contributed by atoms with E-state index >= 15 is 0 Å². The third-order valence-corrected chi connectivity index (χ3v) is 3.95. The van der Waals surface area contributed by atoms with Gasteiger partial charge in [-0.2, -0.15) is 0 Å². The lowest BCUT2D eigenvalue weighted by Gasteiger charge is -2.12. The Balaban J connectivity index is 1.70. The number of unbranched alkanes of at least 4 members (excludes halogenated alkanes) is 1. The quantitative estimate of drug-likeness (QED) is 0.603. The summed E-state index contributed by atoms with van der Waals surface area (Å²) in [7, 11) is 0. The number of phenols is 1. The van der Waals surface area contributed by atoms with Gasteiger partial charge in [0.25, 0.3) is 5.91 Å². The van der Waals surface area contributed by atoms with Gasteiger partial charge in [0.1, 0.15) is 17.2 Å². The van der Waals surface area contributed by atoms with Crippen LogP contribution in [0.2, 0.25) is 5.02 Å². The lowest BCUT2D eigenvalue weighted by Crippen LogP contribution is -2.24. The van der Waals surface area contributed by atoms with Crippen molar-refractivity contribution >= 4 is 17.5 Å². The predicted octanol–water partition coefficient (Wildman–Crippen LogP) is 4.84. The van der Waals surface area contributed by atoms with E-state index in [1.54, 1.807) is 13.0 Å².